The topological polar surface area (TPSA) is 51.0 Å². The number of amides is 1. The molecule has 3 heterocycles. The number of carbonyl (C=O) groups is 1. The lowest BCUT2D eigenvalue weighted by atomic mass is 10.0. The van der Waals surface area contributed by atoms with E-state index in [0.717, 1.165) is 62.8 Å². The Balaban J connectivity index is 1.44. The Hall–Kier alpha value is -1.39. The van der Waals surface area contributed by atoms with Crippen molar-refractivity contribution in [1.29, 1.82) is 0 Å². The Morgan fingerprint density at radius 3 is 2.71 bits per heavy atom. The fraction of sp³-hybridized carbons (Fsp3) is 0.842. The monoisotopic (exact) mass is 330 g/mol. The molecule has 1 aromatic heterocycles. The van der Waals surface area contributed by atoms with E-state index in [2.05, 4.69) is 19.7 Å². The van der Waals surface area contributed by atoms with Gasteiger partial charge in [0.2, 0.25) is 5.91 Å². The van der Waals surface area contributed by atoms with Crippen molar-refractivity contribution >= 4 is 5.91 Å². The first-order chi connectivity index (χ1) is 11.8. The van der Waals surface area contributed by atoms with Crippen LogP contribution in [0.5, 0.6) is 0 Å². The summed E-state index contributed by atoms with van der Waals surface area (Å²) < 4.78 is 2.32. The van der Waals surface area contributed by atoms with Crippen molar-refractivity contribution < 1.29 is 4.79 Å². The van der Waals surface area contributed by atoms with Crippen molar-refractivity contribution in [2.24, 2.45) is 5.92 Å². The van der Waals surface area contributed by atoms with E-state index < -0.39 is 0 Å². The molecule has 24 heavy (non-hydrogen) atoms. The lowest BCUT2D eigenvalue weighted by Gasteiger charge is -2.25. The first-order valence-electron chi connectivity index (χ1n) is 10.0. The average Bonchev–Trinajstić information content (AvgIpc) is 3.31. The third-order valence-electron chi connectivity index (χ3n) is 6.25. The van der Waals surface area contributed by atoms with Gasteiger partial charge in [0.05, 0.1) is 6.04 Å². The van der Waals surface area contributed by atoms with E-state index in [1.807, 2.05) is 0 Å². The molecule has 1 aliphatic carbocycles. The van der Waals surface area contributed by atoms with Crippen LogP contribution in [0.3, 0.4) is 0 Å². The van der Waals surface area contributed by atoms with E-state index in [9.17, 15) is 4.79 Å². The van der Waals surface area contributed by atoms with E-state index >= 15 is 0 Å². The third-order valence-corrected chi connectivity index (χ3v) is 6.25. The zero-order valence-corrected chi connectivity index (χ0v) is 14.8. The number of hydrogen-bond donors (Lipinski definition) is 0. The standard InChI is InChI=1S/C19H30N4O/c24-18(12-11-15-7-3-4-8-15)22-14-6-9-16(22)19-21-20-17-10-2-1-5-13-23(17)19/h15-16H,1-14H2/t16-/m1/s1. The molecule has 0 radical (unpaired) electrons. The Morgan fingerprint density at radius 1 is 0.958 bits per heavy atom. The lowest BCUT2D eigenvalue weighted by molar-refractivity contribution is -0.132. The molecule has 0 aromatic carbocycles. The number of carbonyl (C=O) groups excluding carboxylic acids is 1. The normalized spacial score (nSPS) is 25.0. The highest BCUT2D eigenvalue weighted by Crippen LogP contribution is 2.34. The van der Waals surface area contributed by atoms with Gasteiger partial charge in [-0.25, -0.2) is 0 Å². The summed E-state index contributed by atoms with van der Waals surface area (Å²) in [5, 5.41) is 8.95. The average molecular weight is 330 g/mol. The fourth-order valence-electron chi connectivity index (χ4n) is 4.86. The van der Waals surface area contributed by atoms with Crippen molar-refractivity contribution in [3.8, 4) is 0 Å². The van der Waals surface area contributed by atoms with Crippen molar-refractivity contribution in [2.45, 2.75) is 89.6 Å². The van der Waals surface area contributed by atoms with Crippen molar-refractivity contribution in [2.75, 3.05) is 6.54 Å². The second-order valence-electron chi connectivity index (χ2n) is 7.87. The van der Waals surface area contributed by atoms with Crippen LogP contribution in [0.15, 0.2) is 0 Å². The summed E-state index contributed by atoms with van der Waals surface area (Å²) in [4.78, 5) is 14.9. The minimum Gasteiger partial charge on any atom is -0.332 e. The summed E-state index contributed by atoms with van der Waals surface area (Å²) in [6, 6.07) is 0.167. The molecule has 2 aliphatic heterocycles. The summed E-state index contributed by atoms with van der Waals surface area (Å²) >= 11 is 0. The van der Waals surface area contributed by atoms with Gasteiger partial charge in [0, 0.05) is 25.9 Å². The summed E-state index contributed by atoms with van der Waals surface area (Å²) in [7, 11) is 0. The minimum absolute atomic E-state index is 0.167. The highest BCUT2D eigenvalue weighted by molar-refractivity contribution is 5.76. The zero-order valence-electron chi connectivity index (χ0n) is 14.8. The van der Waals surface area contributed by atoms with Crippen LogP contribution in [0.25, 0.3) is 0 Å². The van der Waals surface area contributed by atoms with Crippen LogP contribution in [-0.2, 0) is 17.8 Å². The van der Waals surface area contributed by atoms with Gasteiger partial charge in [-0.05, 0) is 38.0 Å². The van der Waals surface area contributed by atoms with Crippen LogP contribution >= 0.6 is 0 Å². The highest BCUT2D eigenvalue weighted by Gasteiger charge is 2.34. The minimum atomic E-state index is 0.167. The van der Waals surface area contributed by atoms with Crippen LogP contribution in [0.2, 0.25) is 0 Å². The molecule has 0 bridgehead atoms. The van der Waals surface area contributed by atoms with Crippen molar-refractivity contribution in [3.63, 3.8) is 0 Å². The molecular formula is C19H30N4O. The molecule has 132 valence electrons. The Kier molecular flexibility index (Phi) is 4.86. The molecule has 5 nitrogen and oxygen atoms in total. The largest absolute Gasteiger partial charge is 0.332 e. The first kappa shape index (κ1) is 16.1. The molecule has 2 fully saturated rings. The van der Waals surface area contributed by atoms with E-state index in [4.69, 9.17) is 0 Å². The lowest BCUT2D eigenvalue weighted by Crippen LogP contribution is -2.32. The molecule has 1 saturated carbocycles. The van der Waals surface area contributed by atoms with Crippen LogP contribution in [-0.4, -0.2) is 32.1 Å². The Morgan fingerprint density at radius 2 is 1.83 bits per heavy atom. The quantitative estimate of drug-likeness (QED) is 0.847. The molecule has 4 rings (SSSR count). The molecule has 0 unspecified atom stereocenters. The van der Waals surface area contributed by atoms with Crippen LogP contribution in [0.1, 0.15) is 88.3 Å². The van der Waals surface area contributed by atoms with Crippen molar-refractivity contribution in [1.82, 2.24) is 19.7 Å². The molecule has 0 N–H and O–H groups in total. The summed E-state index contributed by atoms with van der Waals surface area (Å²) in [6.45, 7) is 1.93. The number of aromatic nitrogens is 3. The molecule has 1 saturated heterocycles. The molecular weight excluding hydrogens is 300 g/mol. The Bertz CT molecular complexity index is 576. The van der Waals surface area contributed by atoms with Gasteiger partial charge in [-0.15, -0.1) is 10.2 Å². The fourth-order valence-corrected chi connectivity index (χ4v) is 4.86. The van der Waals surface area contributed by atoms with Gasteiger partial charge < -0.3 is 9.47 Å². The number of hydrogen-bond acceptors (Lipinski definition) is 3. The van der Waals surface area contributed by atoms with Gasteiger partial charge in [0.15, 0.2) is 5.82 Å². The predicted molar refractivity (Wildman–Crippen MR) is 92.5 cm³/mol. The summed E-state index contributed by atoms with van der Waals surface area (Å²) in [6.07, 6.45) is 14.1. The predicted octanol–water partition coefficient (Wildman–Crippen LogP) is 3.64. The molecule has 1 amide bonds. The number of fused-ring (bicyclic) bond motifs is 1. The van der Waals surface area contributed by atoms with Crippen molar-refractivity contribution in [3.05, 3.63) is 11.6 Å². The van der Waals surface area contributed by atoms with E-state index in [1.54, 1.807) is 0 Å². The van der Waals surface area contributed by atoms with E-state index in [1.165, 1.54) is 44.9 Å². The van der Waals surface area contributed by atoms with Gasteiger partial charge in [-0.2, -0.15) is 0 Å². The SMILES string of the molecule is O=C(CCC1CCCC1)N1CCC[C@@H]1c1nnc2n1CCCCC2. The molecule has 0 spiro atoms. The van der Waals surface area contributed by atoms with Crippen LogP contribution in [0.4, 0.5) is 0 Å². The maximum atomic E-state index is 12.8. The molecule has 5 heteroatoms. The maximum absolute atomic E-state index is 12.8. The number of aryl methyl sites for hydroxylation is 1. The second kappa shape index (κ2) is 7.24. The summed E-state index contributed by atoms with van der Waals surface area (Å²) in [5.74, 6) is 3.32. The highest BCUT2D eigenvalue weighted by atomic mass is 16.2. The zero-order chi connectivity index (χ0) is 16.4. The van der Waals surface area contributed by atoms with E-state index in [0.29, 0.717) is 5.91 Å². The van der Waals surface area contributed by atoms with Gasteiger partial charge >= 0.3 is 0 Å². The molecule has 1 aromatic rings. The number of rotatable bonds is 4. The molecule has 1 atom stereocenters. The van der Waals surface area contributed by atoms with Gasteiger partial charge in [0.1, 0.15) is 5.82 Å². The smallest absolute Gasteiger partial charge is 0.223 e. The van der Waals surface area contributed by atoms with Gasteiger partial charge in [-0.3, -0.25) is 4.79 Å². The third kappa shape index (κ3) is 3.22. The summed E-state index contributed by atoms with van der Waals surface area (Å²) in [5.41, 5.74) is 0. The van der Waals surface area contributed by atoms with Gasteiger partial charge in [0.25, 0.3) is 0 Å². The number of nitrogens with zero attached hydrogens (tertiary/aromatic N) is 4. The Labute approximate surface area is 144 Å². The molecule has 3 aliphatic rings. The van der Waals surface area contributed by atoms with Crippen LogP contribution in [0, 0.1) is 5.92 Å². The van der Waals surface area contributed by atoms with Gasteiger partial charge in [-0.1, -0.05) is 32.1 Å². The first-order valence-corrected chi connectivity index (χ1v) is 10.0. The maximum Gasteiger partial charge on any atom is 0.223 e. The number of likely N-dealkylation sites (tertiary alicyclic amines) is 1. The van der Waals surface area contributed by atoms with Crippen LogP contribution < -0.4 is 0 Å². The van der Waals surface area contributed by atoms with E-state index in [-0.39, 0.29) is 6.04 Å². The second-order valence-corrected chi connectivity index (χ2v) is 7.87.